The van der Waals surface area contributed by atoms with Gasteiger partial charge in [-0.15, -0.1) is 0 Å². The number of benzene rings is 2. The van der Waals surface area contributed by atoms with E-state index in [1.54, 1.807) is 38.5 Å². The van der Waals surface area contributed by atoms with Crippen LogP contribution >= 0.6 is 0 Å². The van der Waals surface area contributed by atoms with Crippen LogP contribution in [-0.2, 0) is 4.79 Å². The van der Waals surface area contributed by atoms with Crippen molar-refractivity contribution < 1.29 is 19.1 Å². The van der Waals surface area contributed by atoms with Crippen molar-refractivity contribution in [2.24, 2.45) is 0 Å². The Hall–Kier alpha value is -2.86. The van der Waals surface area contributed by atoms with Gasteiger partial charge in [0.15, 0.2) is 5.78 Å². The number of hydrogen-bond acceptors (Lipinski definition) is 5. The summed E-state index contributed by atoms with van der Waals surface area (Å²) in [7, 11) is 3.24. The summed E-state index contributed by atoms with van der Waals surface area (Å²) in [5.41, 5.74) is 1.65. The molecule has 2 aromatic carbocycles. The third-order valence-electron chi connectivity index (χ3n) is 5.27. The molecular weight excluding hydrogens is 368 g/mol. The van der Waals surface area contributed by atoms with E-state index in [4.69, 9.17) is 9.47 Å². The molecule has 0 aromatic heterocycles. The zero-order valence-electron chi connectivity index (χ0n) is 17.0. The molecule has 154 valence electrons. The SMILES string of the molecule is COc1ccc(C(=O)CCCC(=O)N2CCNCC2c2ccccc2OC)cc1. The third kappa shape index (κ3) is 5.15. The molecule has 1 N–H and O–H groups in total. The van der Waals surface area contributed by atoms with E-state index in [2.05, 4.69) is 5.32 Å². The largest absolute Gasteiger partial charge is 0.497 e. The normalized spacial score (nSPS) is 16.3. The molecular formula is C23H28N2O4. The van der Waals surface area contributed by atoms with Crippen LogP contribution in [0.25, 0.3) is 0 Å². The van der Waals surface area contributed by atoms with Gasteiger partial charge in [-0.1, -0.05) is 18.2 Å². The summed E-state index contributed by atoms with van der Waals surface area (Å²) in [5, 5.41) is 3.36. The molecule has 1 atom stereocenters. The van der Waals surface area contributed by atoms with Crippen LogP contribution in [0.2, 0.25) is 0 Å². The molecule has 0 saturated carbocycles. The molecule has 1 heterocycles. The van der Waals surface area contributed by atoms with Crippen molar-refractivity contribution in [2.75, 3.05) is 33.9 Å². The molecule has 6 nitrogen and oxygen atoms in total. The maximum atomic E-state index is 12.9. The highest BCUT2D eigenvalue weighted by Crippen LogP contribution is 2.30. The lowest BCUT2D eigenvalue weighted by Crippen LogP contribution is -2.48. The van der Waals surface area contributed by atoms with Crippen LogP contribution in [0.3, 0.4) is 0 Å². The number of hydrogen-bond donors (Lipinski definition) is 1. The van der Waals surface area contributed by atoms with Gasteiger partial charge in [-0.05, 0) is 36.8 Å². The highest BCUT2D eigenvalue weighted by Gasteiger charge is 2.29. The molecule has 1 aliphatic rings. The van der Waals surface area contributed by atoms with Gasteiger partial charge in [-0.2, -0.15) is 0 Å². The molecule has 1 unspecified atom stereocenters. The third-order valence-corrected chi connectivity index (χ3v) is 5.27. The van der Waals surface area contributed by atoms with Crippen molar-refractivity contribution in [3.8, 4) is 11.5 Å². The fraction of sp³-hybridized carbons (Fsp3) is 0.391. The predicted molar refractivity (Wildman–Crippen MR) is 111 cm³/mol. The number of nitrogens with zero attached hydrogens (tertiary/aromatic N) is 1. The topological polar surface area (TPSA) is 67.9 Å². The first-order valence-corrected chi connectivity index (χ1v) is 9.94. The average molecular weight is 396 g/mol. The van der Waals surface area contributed by atoms with E-state index < -0.39 is 0 Å². The summed E-state index contributed by atoms with van der Waals surface area (Å²) in [6.45, 7) is 2.10. The smallest absolute Gasteiger partial charge is 0.223 e. The van der Waals surface area contributed by atoms with Crippen LogP contribution in [-0.4, -0.2) is 50.4 Å². The Morgan fingerprint density at radius 1 is 1.03 bits per heavy atom. The second-order valence-electron chi connectivity index (χ2n) is 7.05. The van der Waals surface area contributed by atoms with Gasteiger partial charge in [0.05, 0.1) is 20.3 Å². The molecule has 1 amide bonds. The molecule has 3 rings (SSSR count). The van der Waals surface area contributed by atoms with Crippen molar-refractivity contribution in [3.63, 3.8) is 0 Å². The van der Waals surface area contributed by atoms with Crippen molar-refractivity contribution in [3.05, 3.63) is 59.7 Å². The van der Waals surface area contributed by atoms with Gasteiger partial charge in [-0.25, -0.2) is 0 Å². The number of amides is 1. The molecule has 0 radical (unpaired) electrons. The highest BCUT2D eigenvalue weighted by molar-refractivity contribution is 5.96. The Morgan fingerprint density at radius 3 is 2.52 bits per heavy atom. The fourth-order valence-corrected chi connectivity index (χ4v) is 3.69. The van der Waals surface area contributed by atoms with Crippen LogP contribution in [0, 0.1) is 0 Å². The lowest BCUT2D eigenvalue weighted by Gasteiger charge is -2.37. The Bertz CT molecular complexity index is 835. The maximum Gasteiger partial charge on any atom is 0.223 e. The minimum absolute atomic E-state index is 0.0436. The van der Waals surface area contributed by atoms with Crippen molar-refractivity contribution in [1.29, 1.82) is 0 Å². The Labute approximate surface area is 171 Å². The lowest BCUT2D eigenvalue weighted by atomic mass is 10.0. The number of ketones is 1. The monoisotopic (exact) mass is 396 g/mol. The Morgan fingerprint density at radius 2 is 1.79 bits per heavy atom. The number of nitrogens with one attached hydrogen (secondary N) is 1. The number of para-hydroxylation sites is 1. The Balaban J connectivity index is 1.59. The van der Waals surface area contributed by atoms with Crippen LogP contribution in [0.4, 0.5) is 0 Å². The van der Waals surface area contributed by atoms with Crippen LogP contribution in [0.1, 0.15) is 41.2 Å². The van der Waals surface area contributed by atoms with E-state index in [0.717, 1.165) is 23.6 Å². The van der Waals surface area contributed by atoms with Gasteiger partial charge >= 0.3 is 0 Å². The number of ether oxygens (including phenoxy) is 2. The Kier molecular flexibility index (Phi) is 7.25. The summed E-state index contributed by atoms with van der Waals surface area (Å²) in [4.78, 5) is 27.2. The second kappa shape index (κ2) is 10.1. The van der Waals surface area contributed by atoms with E-state index in [9.17, 15) is 9.59 Å². The lowest BCUT2D eigenvalue weighted by molar-refractivity contribution is -0.134. The average Bonchev–Trinajstić information content (AvgIpc) is 2.78. The predicted octanol–water partition coefficient (Wildman–Crippen LogP) is 3.23. The minimum atomic E-state index is -0.0651. The quantitative estimate of drug-likeness (QED) is 0.694. The molecule has 6 heteroatoms. The van der Waals surface area contributed by atoms with Crippen molar-refractivity contribution in [1.82, 2.24) is 10.2 Å². The first-order valence-electron chi connectivity index (χ1n) is 9.94. The summed E-state index contributed by atoms with van der Waals surface area (Å²) < 4.78 is 10.6. The summed E-state index contributed by atoms with van der Waals surface area (Å²) >= 11 is 0. The molecule has 0 aliphatic carbocycles. The number of Topliss-reactive ketones (excluding diaryl/α,β-unsaturated/α-hetero) is 1. The zero-order chi connectivity index (χ0) is 20.6. The molecule has 1 fully saturated rings. The first-order chi connectivity index (χ1) is 14.1. The van der Waals surface area contributed by atoms with Gasteiger partial charge < -0.3 is 19.7 Å². The maximum absolute atomic E-state index is 12.9. The van der Waals surface area contributed by atoms with Crippen LogP contribution < -0.4 is 14.8 Å². The molecule has 1 aliphatic heterocycles. The fourth-order valence-electron chi connectivity index (χ4n) is 3.69. The van der Waals surface area contributed by atoms with Gasteiger partial charge in [0.25, 0.3) is 0 Å². The molecule has 0 spiro atoms. The van der Waals surface area contributed by atoms with E-state index in [0.29, 0.717) is 37.9 Å². The number of rotatable bonds is 8. The van der Waals surface area contributed by atoms with Gasteiger partial charge in [0.2, 0.25) is 5.91 Å². The summed E-state index contributed by atoms with van der Waals surface area (Å²) in [6.07, 6.45) is 1.24. The number of methoxy groups -OCH3 is 2. The highest BCUT2D eigenvalue weighted by atomic mass is 16.5. The van der Waals surface area contributed by atoms with E-state index in [1.165, 1.54) is 0 Å². The van der Waals surface area contributed by atoms with Gasteiger partial charge in [0, 0.05) is 43.6 Å². The van der Waals surface area contributed by atoms with Crippen molar-refractivity contribution in [2.45, 2.75) is 25.3 Å². The molecule has 0 bridgehead atoms. The number of carbonyl (C=O) groups is 2. The van der Waals surface area contributed by atoms with E-state index in [1.807, 2.05) is 29.2 Å². The summed E-state index contributed by atoms with van der Waals surface area (Å²) in [6, 6.07) is 14.8. The molecule has 1 saturated heterocycles. The standard InChI is InChI=1S/C23H28N2O4/c1-28-18-12-10-17(11-13-18)21(26)7-5-9-23(27)25-15-14-24-16-20(25)19-6-3-4-8-22(19)29-2/h3-4,6,8,10-13,20,24H,5,7,9,14-16H2,1-2H3. The van der Waals surface area contributed by atoms with Crippen LogP contribution in [0.15, 0.2) is 48.5 Å². The van der Waals surface area contributed by atoms with Crippen molar-refractivity contribution >= 4 is 11.7 Å². The minimum Gasteiger partial charge on any atom is -0.497 e. The zero-order valence-corrected chi connectivity index (χ0v) is 17.0. The van der Waals surface area contributed by atoms with E-state index >= 15 is 0 Å². The number of piperazine rings is 1. The van der Waals surface area contributed by atoms with Gasteiger partial charge in [-0.3, -0.25) is 9.59 Å². The number of carbonyl (C=O) groups excluding carboxylic acids is 2. The molecule has 29 heavy (non-hydrogen) atoms. The summed E-state index contributed by atoms with van der Waals surface area (Å²) in [5.74, 6) is 1.62. The molecule has 2 aromatic rings. The second-order valence-corrected chi connectivity index (χ2v) is 7.05. The van der Waals surface area contributed by atoms with Crippen LogP contribution in [0.5, 0.6) is 11.5 Å². The first kappa shape index (κ1) is 20.9. The van der Waals surface area contributed by atoms with E-state index in [-0.39, 0.29) is 17.7 Å². The van der Waals surface area contributed by atoms with Gasteiger partial charge in [0.1, 0.15) is 11.5 Å².